The van der Waals surface area contributed by atoms with Crippen molar-refractivity contribution in [2.24, 2.45) is 0 Å². The van der Waals surface area contributed by atoms with Crippen LogP contribution in [-0.4, -0.2) is 89.2 Å². The van der Waals surface area contributed by atoms with E-state index in [4.69, 9.17) is 19.5 Å². The highest BCUT2D eigenvalue weighted by Gasteiger charge is 2.25. The number of aliphatic hydroxyl groups is 2. The minimum atomic E-state index is -0.792. The fourth-order valence-electron chi connectivity index (χ4n) is 3.64. The Labute approximate surface area is 210 Å². The van der Waals surface area contributed by atoms with Crippen molar-refractivity contribution in [3.8, 4) is 5.75 Å². The van der Waals surface area contributed by atoms with E-state index in [0.717, 1.165) is 32.2 Å². The fraction of sp³-hybridized carbons (Fsp3) is 0.609. The van der Waals surface area contributed by atoms with Gasteiger partial charge in [-0.25, -0.2) is 4.39 Å². The van der Waals surface area contributed by atoms with Crippen molar-refractivity contribution in [1.82, 2.24) is 20.4 Å². The van der Waals surface area contributed by atoms with E-state index in [-0.39, 0.29) is 35.7 Å². The maximum Gasteiger partial charge on any atom is 0.324 e. The van der Waals surface area contributed by atoms with Crippen LogP contribution in [0.5, 0.6) is 5.75 Å². The maximum absolute atomic E-state index is 14.4. The number of aromatic nitrogens is 2. The van der Waals surface area contributed by atoms with E-state index in [9.17, 15) is 9.18 Å². The number of nitrogens with zero attached hydrogens (tertiary/aromatic N) is 4. The van der Waals surface area contributed by atoms with Gasteiger partial charge < -0.3 is 29.7 Å². The summed E-state index contributed by atoms with van der Waals surface area (Å²) < 4.78 is 25.4. The van der Waals surface area contributed by atoms with E-state index >= 15 is 0 Å². The van der Waals surface area contributed by atoms with E-state index < -0.39 is 31.0 Å². The van der Waals surface area contributed by atoms with Gasteiger partial charge in [0.25, 0.3) is 5.91 Å². The molecule has 12 heteroatoms. The number of ether oxygens (including phenoxy) is 1. The van der Waals surface area contributed by atoms with Gasteiger partial charge in [0.1, 0.15) is 0 Å². The minimum absolute atomic E-state index is 0. The lowest BCUT2D eigenvalue weighted by molar-refractivity contribution is 0.0879. The number of benzene rings is 1. The molecule has 10 nitrogen and oxygen atoms in total. The van der Waals surface area contributed by atoms with Gasteiger partial charge in [-0.1, -0.05) is 19.0 Å². The third-order valence-corrected chi connectivity index (χ3v) is 5.92. The first-order chi connectivity index (χ1) is 16.3. The highest BCUT2D eigenvalue weighted by Crippen LogP contribution is 2.21. The van der Waals surface area contributed by atoms with Gasteiger partial charge >= 0.3 is 6.01 Å². The lowest BCUT2D eigenvalue weighted by Gasteiger charge is -2.37. The normalized spacial score (nSPS) is 15.3. The largest absolute Gasteiger partial charge is 0.490 e. The molecule has 1 fully saturated rings. The van der Waals surface area contributed by atoms with Gasteiger partial charge in [-0.2, -0.15) is 4.98 Å². The number of hydrogen-bond acceptors (Lipinski definition) is 9. The smallest absolute Gasteiger partial charge is 0.324 e. The van der Waals surface area contributed by atoms with Crippen LogP contribution >= 0.6 is 12.4 Å². The number of piperazine rings is 1. The first-order valence-corrected chi connectivity index (χ1v) is 11.6. The van der Waals surface area contributed by atoms with Crippen LogP contribution in [0.4, 0.5) is 10.4 Å². The van der Waals surface area contributed by atoms with Crippen LogP contribution < -0.4 is 15.0 Å². The third kappa shape index (κ3) is 7.76. The van der Waals surface area contributed by atoms with Crippen LogP contribution in [0.3, 0.4) is 0 Å². The summed E-state index contributed by atoms with van der Waals surface area (Å²) in [6.45, 7) is 8.97. The Morgan fingerprint density at radius 1 is 1.20 bits per heavy atom. The first kappa shape index (κ1) is 28.8. The summed E-state index contributed by atoms with van der Waals surface area (Å²) in [6, 6.07) is 3.97. The van der Waals surface area contributed by atoms with Gasteiger partial charge in [-0.15, -0.1) is 12.4 Å². The molecule has 3 rings (SSSR count). The zero-order valence-corrected chi connectivity index (χ0v) is 21.1. The molecule has 1 aliphatic rings. The minimum Gasteiger partial charge on any atom is -0.490 e. The molecule has 196 valence electrons. The standard InChI is InChI=1S/C23H34FN5O5.ClH/c1-15(2)21-26-23(34-27-21)29-9-7-28(8-10-29)16(3)6-11-33-20-5-4-17(12-19(20)24)22(32)25-18(13-30)14-31;/h4-5,12,15-16,18,30-31H,6-11,13-14H2,1-3H3,(H,25,32);1H. The quantitative estimate of drug-likeness (QED) is 0.411. The van der Waals surface area contributed by atoms with Crippen molar-refractivity contribution < 1.29 is 28.7 Å². The number of aliphatic hydroxyl groups excluding tert-OH is 2. The molecule has 0 bridgehead atoms. The van der Waals surface area contributed by atoms with Gasteiger partial charge in [0.05, 0.1) is 25.9 Å². The molecule has 0 spiro atoms. The van der Waals surface area contributed by atoms with Gasteiger partial charge in [0, 0.05) is 43.7 Å². The maximum atomic E-state index is 14.4. The highest BCUT2D eigenvalue weighted by molar-refractivity contribution is 5.94. The second kappa shape index (κ2) is 13.6. The van der Waals surface area contributed by atoms with Gasteiger partial charge in [0.15, 0.2) is 17.4 Å². The second-order valence-corrected chi connectivity index (χ2v) is 8.78. The number of carbonyl (C=O) groups excluding carboxylic acids is 1. The monoisotopic (exact) mass is 515 g/mol. The predicted octanol–water partition coefficient (Wildman–Crippen LogP) is 1.82. The van der Waals surface area contributed by atoms with Gasteiger partial charge in [-0.05, 0) is 31.5 Å². The van der Waals surface area contributed by atoms with Gasteiger partial charge in [0.2, 0.25) is 0 Å². The SMILES string of the molecule is CC(C)c1noc(N2CCN(C(C)CCOc3ccc(C(=O)NC(CO)CO)cc3F)CC2)n1.Cl. The van der Waals surface area contributed by atoms with E-state index in [1.165, 1.54) is 12.1 Å². The molecule has 1 aromatic carbocycles. The number of carbonyl (C=O) groups is 1. The van der Waals surface area contributed by atoms with Crippen LogP contribution in [0.25, 0.3) is 0 Å². The Morgan fingerprint density at radius 3 is 2.46 bits per heavy atom. The average molecular weight is 516 g/mol. The molecule has 0 saturated carbocycles. The molecular weight excluding hydrogens is 481 g/mol. The van der Waals surface area contributed by atoms with E-state index in [0.29, 0.717) is 24.9 Å². The molecule has 1 saturated heterocycles. The number of nitrogens with one attached hydrogen (secondary N) is 1. The highest BCUT2D eigenvalue weighted by atomic mass is 35.5. The van der Waals surface area contributed by atoms with Crippen molar-refractivity contribution in [3.63, 3.8) is 0 Å². The molecule has 3 N–H and O–H groups in total. The molecule has 1 unspecified atom stereocenters. The summed E-state index contributed by atoms with van der Waals surface area (Å²) in [5.41, 5.74) is 0.0877. The number of hydrogen-bond donors (Lipinski definition) is 3. The zero-order chi connectivity index (χ0) is 24.7. The second-order valence-electron chi connectivity index (χ2n) is 8.78. The van der Waals surface area contributed by atoms with Crippen LogP contribution in [0, 0.1) is 5.82 Å². The van der Waals surface area contributed by atoms with Gasteiger partial charge in [-0.3, -0.25) is 9.69 Å². The Bertz CT molecular complexity index is 935. The third-order valence-electron chi connectivity index (χ3n) is 5.92. The summed E-state index contributed by atoms with van der Waals surface area (Å²) >= 11 is 0. The molecule has 1 aliphatic heterocycles. The molecule has 1 atom stereocenters. The number of halogens is 2. The van der Waals surface area contributed by atoms with Crippen LogP contribution in [0.1, 0.15) is 49.3 Å². The number of amides is 1. The topological polar surface area (TPSA) is 124 Å². The predicted molar refractivity (Wildman–Crippen MR) is 131 cm³/mol. The number of rotatable bonds is 11. The Balaban J connectivity index is 0.00000432. The molecule has 2 heterocycles. The number of anilines is 1. The summed E-state index contributed by atoms with van der Waals surface area (Å²) in [6.07, 6.45) is 0.717. The lowest BCUT2D eigenvalue weighted by Crippen LogP contribution is -2.50. The summed E-state index contributed by atoms with van der Waals surface area (Å²) in [5.74, 6) is -0.205. The van der Waals surface area contributed by atoms with E-state index in [1.54, 1.807) is 0 Å². The summed E-state index contributed by atoms with van der Waals surface area (Å²) in [7, 11) is 0. The van der Waals surface area contributed by atoms with E-state index in [2.05, 4.69) is 32.2 Å². The zero-order valence-electron chi connectivity index (χ0n) is 20.3. The van der Waals surface area contributed by atoms with Crippen molar-refractivity contribution in [2.75, 3.05) is 50.9 Å². The first-order valence-electron chi connectivity index (χ1n) is 11.6. The Hall–Kier alpha value is -2.47. The molecule has 35 heavy (non-hydrogen) atoms. The molecule has 1 amide bonds. The fourth-order valence-corrected chi connectivity index (χ4v) is 3.64. The summed E-state index contributed by atoms with van der Waals surface area (Å²) in [5, 5.41) is 24.6. The average Bonchev–Trinajstić information content (AvgIpc) is 3.34. The van der Waals surface area contributed by atoms with Crippen molar-refractivity contribution in [2.45, 2.75) is 45.2 Å². The van der Waals surface area contributed by atoms with Crippen LogP contribution in [0.2, 0.25) is 0 Å². The molecule has 1 aromatic heterocycles. The summed E-state index contributed by atoms with van der Waals surface area (Å²) in [4.78, 5) is 21.0. The Kier molecular flexibility index (Phi) is 11.2. The van der Waals surface area contributed by atoms with Crippen LogP contribution in [-0.2, 0) is 0 Å². The molecule has 2 aromatic rings. The Morgan fingerprint density at radius 2 is 1.89 bits per heavy atom. The molecule has 0 radical (unpaired) electrons. The molecule has 0 aliphatic carbocycles. The van der Waals surface area contributed by atoms with Crippen molar-refractivity contribution in [3.05, 3.63) is 35.4 Å². The van der Waals surface area contributed by atoms with Crippen molar-refractivity contribution in [1.29, 1.82) is 0 Å². The lowest BCUT2D eigenvalue weighted by atomic mass is 10.1. The van der Waals surface area contributed by atoms with Crippen molar-refractivity contribution >= 4 is 24.3 Å². The van der Waals surface area contributed by atoms with Crippen LogP contribution in [0.15, 0.2) is 22.7 Å². The van der Waals surface area contributed by atoms with E-state index in [1.807, 2.05) is 13.8 Å². The molecular formula is C23H35ClFN5O5.